The third-order valence-electron chi connectivity index (χ3n) is 1.08. The average molecular weight is 128 g/mol. The summed E-state index contributed by atoms with van der Waals surface area (Å²) in [5.41, 5.74) is -0.0963. The minimum absolute atomic E-state index is 0.0963. The number of hydrogen-bond acceptors (Lipinski definition) is 2. The molecule has 0 bridgehead atoms. The Labute approximate surface area is 55.5 Å². The fourth-order valence-corrected chi connectivity index (χ4v) is 0.308. The van der Waals surface area contributed by atoms with Gasteiger partial charge in [-0.05, 0) is 0 Å². The molecule has 0 atom stereocenters. The summed E-state index contributed by atoms with van der Waals surface area (Å²) < 4.78 is 4.54. The van der Waals surface area contributed by atoms with Gasteiger partial charge in [0.05, 0.1) is 6.61 Å². The van der Waals surface area contributed by atoms with Crippen molar-refractivity contribution < 1.29 is 9.53 Å². The van der Waals surface area contributed by atoms with Crippen LogP contribution in [0.4, 0.5) is 0 Å². The Morgan fingerprint density at radius 3 is 2.56 bits per heavy atom. The van der Waals surface area contributed by atoms with Gasteiger partial charge in [-0.1, -0.05) is 19.9 Å². The van der Waals surface area contributed by atoms with Gasteiger partial charge in [0, 0.05) is 5.41 Å². The van der Waals surface area contributed by atoms with Gasteiger partial charge < -0.3 is 4.74 Å². The molecule has 0 saturated heterocycles. The summed E-state index contributed by atoms with van der Waals surface area (Å²) >= 11 is 0. The van der Waals surface area contributed by atoms with Gasteiger partial charge in [-0.25, -0.2) is 0 Å². The second kappa shape index (κ2) is 3.28. The van der Waals surface area contributed by atoms with Crippen LogP contribution in [0.2, 0.25) is 0 Å². The van der Waals surface area contributed by atoms with Crippen LogP contribution in [-0.4, -0.2) is 13.1 Å². The minimum atomic E-state index is -0.0963. The van der Waals surface area contributed by atoms with E-state index in [0.717, 1.165) is 0 Å². The molecule has 0 aromatic rings. The third kappa shape index (κ3) is 3.76. The lowest BCUT2D eigenvalue weighted by Gasteiger charge is -2.16. The summed E-state index contributed by atoms with van der Waals surface area (Å²) in [6, 6.07) is 0. The van der Waals surface area contributed by atoms with Crippen LogP contribution in [0.1, 0.15) is 13.8 Å². The highest BCUT2D eigenvalue weighted by atomic mass is 16.5. The van der Waals surface area contributed by atoms with Crippen molar-refractivity contribution in [2.24, 2.45) is 5.41 Å². The topological polar surface area (TPSA) is 26.3 Å². The highest BCUT2D eigenvalue weighted by molar-refractivity contribution is 5.37. The standard InChI is InChI=1S/C7H12O2/c1-4-7(2,3)5-9-6-8/h4,6H,1,5H2,2-3H3. The molecule has 0 aromatic heterocycles. The van der Waals surface area contributed by atoms with E-state index in [1.807, 2.05) is 13.8 Å². The minimum Gasteiger partial charge on any atom is -0.467 e. The second-order valence-corrected chi connectivity index (χ2v) is 2.60. The van der Waals surface area contributed by atoms with Crippen molar-refractivity contribution in [3.05, 3.63) is 12.7 Å². The van der Waals surface area contributed by atoms with Crippen LogP contribution in [-0.2, 0) is 9.53 Å². The van der Waals surface area contributed by atoms with Crippen LogP contribution in [0.3, 0.4) is 0 Å². The fraction of sp³-hybridized carbons (Fsp3) is 0.571. The monoisotopic (exact) mass is 128 g/mol. The van der Waals surface area contributed by atoms with Gasteiger partial charge in [0.2, 0.25) is 0 Å². The number of carbonyl (C=O) groups excluding carboxylic acids is 1. The van der Waals surface area contributed by atoms with Crippen molar-refractivity contribution in [1.29, 1.82) is 0 Å². The molecule has 0 unspecified atom stereocenters. The number of rotatable bonds is 4. The van der Waals surface area contributed by atoms with Crippen molar-refractivity contribution in [2.75, 3.05) is 6.61 Å². The van der Waals surface area contributed by atoms with Crippen LogP contribution >= 0.6 is 0 Å². The Hall–Kier alpha value is -0.790. The van der Waals surface area contributed by atoms with E-state index < -0.39 is 0 Å². The van der Waals surface area contributed by atoms with Gasteiger partial charge >= 0.3 is 0 Å². The molecule has 0 fully saturated rings. The molecular formula is C7H12O2. The highest BCUT2D eigenvalue weighted by Gasteiger charge is 2.12. The molecular weight excluding hydrogens is 116 g/mol. The maximum atomic E-state index is 9.71. The quantitative estimate of drug-likeness (QED) is 0.422. The van der Waals surface area contributed by atoms with Crippen molar-refractivity contribution >= 4 is 6.47 Å². The summed E-state index contributed by atoms with van der Waals surface area (Å²) in [5, 5.41) is 0. The second-order valence-electron chi connectivity index (χ2n) is 2.60. The fourth-order valence-electron chi connectivity index (χ4n) is 0.308. The van der Waals surface area contributed by atoms with Crippen LogP contribution in [0.5, 0.6) is 0 Å². The van der Waals surface area contributed by atoms with E-state index in [2.05, 4.69) is 11.3 Å². The zero-order valence-corrected chi connectivity index (χ0v) is 5.89. The maximum Gasteiger partial charge on any atom is 0.293 e. The van der Waals surface area contributed by atoms with Crippen LogP contribution in [0, 0.1) is 5.41 Å². The first-order chi connectivity index (χ1) is 4.12. The Morgan fingerprint density at radius 1 is 1.67 bits per heavy atom. The van der Waals surface area contributed by atoms with Gasteiger partial charge in [-0.2, -0.15) is 0 Å². The van der Waals surface area contributed by atoms with Gasteiger partial charge in [0.1, 0.15) is 0 Å². The van der Waals surface area contributed by atoms with E-state index in [1.165, 1.54) is 0 Å². The van der Waals surface area contributed by atoms with Crippen molar-refractivity contribution in [1.82, 2.24) is 0 Å². The average Bonchev–Trinajstić information content (AvgIpc) is 1.84. The molecule has 9 heavy (non-hydrogen) atoms. The maximum absolute atomic E-state index is 9.71. The first-order valence-electron chi connectivity index (χ1n) is 2.81. The largest absolute Gasteiger partial charge is 0.467 e. The molecule has 0 aliphatic carbocycles. The van der Waals surface area contributed by atoms with E-state index >= 15 is 0 Å². The summed E-state index contributed by atoms with van der Waals surface area (Å²) in [6.07, 6.45) is 1.76. The molecule has 2 heteroatoms. The van der Waals surface area contributed by atoms with E-state index in [9.17, 15) is 4.79 Å². The molecule has 0 heterocycles. The van der Waals surface area contributed by atoms with Crippen molar-refractivity contribution in [3.63, 3.8) is 0 Å². The van der Waals surface area contributed by atoms with E-state index in [4.69, 9.17) is 0 Å². The smallest absolute Gasteiger partial charge is 0.293 e. The molecule has 52 valence electrons. The lowest BCUT2D eigenvalue weighted by Crippen LogP contribution is -2.15. The SMILES string of the molecule is C=CC(C)(C)COC=O. The summed E-state index contributed by atoms with van der Waals surface area (Å²) in [7, 11) is 0. The van der Waals surface area contributed by atoms with E-state index in [-0.39, 0.29) is 5.41 Å². The van der Waals surface area contributed by atoms with Crippen LogP contribution in [0.15, 0.2) is 12.7 Å². The zero-order valence-electron chi connectivity index (χ0n) is 5.89. The molecule has 0 saturated carbocycles. The van der Waals surface area contributed by atoms with Crippen LogP contribution < -0.4 is 0 Å². The number of hydrogen-bond donors (Lipinski definition) is 0. The first kappa shape index (κ1) is 8.21. The molecule has 0 amide bonds. The highest BCUT2D eigenvalue weighted by Crippen LogP contribution is 2.14. The number of ether oxygens (including phenoxy) is 1. The Balaban J connectivity index is 3.57. The number of carbonyl (C=O) groups is 1. The first-order valence-corrected chi connectivity index (χ1v) is 2.81. The molecule has 0 aliphatic rings. The third-order valence-corrected chi connectivity index (χ3v) is 1.08. The summed E-state index contributed by atoms with van der Waals surface area (Å²) in [6.45, 7) is 8.34. The van der Waals surface area contributed by atoms with Crippen molar-refractivity contribution in [2.45, 2.75) is 13.8 Å². The molecule has 0 radical (unpaired) electrons. The Bertz CT molecular complexity index is 105. The van der Waals surface area contributed by atoms with Gasteiger partial charge in [0.15, 0.2) is 0 Å². The summed E-state index contributed by atoms with van der Waals surface area (Å²) in [5.74, 6) is 0. The van der Waals surface area contributed by atoms with Gasteiger partial charge in [0.25, 0.3) is 6.47 Å². The molecule has 0 aromatic carbocycles. The lowest BCUT2D eigenvalue weighted by molar-refractivity contribution is -0.130. The molecule has 2 nitrogen and oxygen atoms in total. The lowest BCUT2D eigenvalue weighted by atomic mass is 9.96. The van der Waals surface area contributed by atoms with Gasteiger partial charge in [-0.3, -0.25) is 4.79 Å². The molecule has 0 rings (SSSR count). The predicted octanol–water partition coefficient (Wildman–Crippen LogP) is 1.37. The molecule has 0 aliphatic heterocycles. The Morgan fingerprint density at radius 2 is 2.22 bits per heavy atom. The van der Waals surface area contributed by atoms with Crippen molar-refractivity contribution in [3.8, 4) is 0 Å². The summed E-state index contributed by atoms with van der Waals surface area (Å²) in [4.78, 5) is 9.71. The van der Waals surface area contributed by atoms with Crippen LogP contribution in [0.25, 0.3) is 0 Å². The van der Waals surface area contributed by atoms with E-state index in [1.54, 1.807) is 6.08 Å². The van der Waals surface area contributed by atoms with E-state index in [0.29, 0.717) is 13.1 Å². The molecule has 0 spiro atoms. The Kier molecular flexibility index (Phi) is 2.99. The molecule has 0 N–H and O–H groups in total. The zero-order chi connectivity index (χ0) is 7.33. The normalized spacial score (nSPS) is 10.4. The predicted molar refractivity (Wildman–Crippen MR) is 36.0 cm³/mol. The van der Waals surface area contributed by atoms with Gasteiger partial charge in [-0.15, -0.1) is 6.58 Å².